The quantitative estimate of drug-likeness (QED) is 0.724. The summed E-state index contributed by atoms with van der Waals surface area (Å²) < 4.78 is 32.2. The Labute approximate surface area is 153 Å². The molecule has 1 saturated carbocycles. The van der Waals surface area contributed by atoms with Crippen LogP contribution in [-0.4, -0.2) is 61.3 Å². The Balaban J connectivity index is 1.38. The van der Waals surface area contributed by atoms with E-state index in [1.54, 1.807) is 17.4 Å². The van der Waals surface area contributed by atoms with Gasteiger partial charge in [0.05, 0.1) is 5.75 Å². The zero-order chi connectivity index (χ0) is 18.3. The van der Waals surface area contributed by atoms with Crippen LogP contribution in [0.4, 0.5) is 0 Å². The molecule has 4 rings (SSSR count). The summed E-state index contributed by atoms with van der Waals surface area (Å²) in [4.78, 5) is 12.4. The van der Waals surface area contributed by atoms with Crippen molar-refractivity contribution in [3.8, 4) is 0 Å². The average Bonchev–Trinajstić information content (AvgIpc) is 3.26. The number of hydrogen-bond donors (Lipinski definition) is 2. The van der Waals surface area contributed by atoms with Crippen molar-refractivity contribution in [2.24, 2.45) is 0 Å². The molecule has 1 aromatic heterocycles. The first kappa shape index (κ1) is 17.9. The van der Waals surface area contributed by atoms with Crippen LogP contribution in [0.2, 0.25) is 0 Å². The highest BCUT2D eigenvalue weighted by Gasteiger charge is 2.46. The smallest absolute Gasteiger partial charge is 0.273 e. The van der Waals surface area contributed by atoms with Gasteiger partial charge in [-0.15, -0.1) is 0 Å². The highest BCUT2D eigenvalue weighted by molar-refractivity contribution is 7.89. The van der Waals surface area contributed by atoms with E-state index in [0.717, 1.165) is 31.4 Å². The molecule has 0 radical (unpaired) electrons. The molecule has 1 aliphatic carbocycles. The van der Waals surface area contributed by atoms with E-state index in [9.17, 15) is 13.2 Å². The summed E-state index contributed by atoms with van der Waals surface area (Å²) in [5, 5.41) is 9.81. The summed E-state index contributed by atoms with van der Waals surface area (Å²) in [5.74, 6) is 1.11. The van der Waals surface area contributed by atoms with Gasteiger partial charge in [-0.1, -0.05) is 5.16 Å². The maximum absolute atomic E-state index is 12.6. The number of nitrogens with zero attached hydrogens (tertiary/aromatic N) is 2. The Hall–Kier alpha value is -1.45. The number of rotatable bonds is 7. The van der Waals surface area contributed by atoms with Crippen molar-refractivity contribution in [2.45, 2.75) is 62.6 Å². The topological polar surface area (TPSA) is 105 Å². The minimum atomic E-state index is -3.25. The van der Waals surface area contributed by atoms with E-state index in [-0.39, 0.29) is 29.8 Å². The number of carbonyl (C=O) groups excluding carboxylic acids is 1. The van der Waals surface area contributed by atoms with E-state index < -0.39 is 10.0 Å². The predicted molar refractivity (Wildman–Crippen MR) is 95.3 cm³/mol. The summed E-state index contributed by atoms with van der Waals surface area (Å²) in [6, 6.07) is 1.69. The molecule has 2 aliphatic heterocycles. The number of fused-ring (bicyclic) bond motifs is 2. The molecular weight excluding hydrogens is 356 g/mol. The van der Waals surface area contributed by atoms with Gasteiger partial charge >= 0.3 is 0 Å². The Kier molecular flexibility index (Phi) is 4.79. The zero-order valence-electron chi connectivity index (χ0n) is 15.0. The molecule has 3 heterocycles. The van der Waals surface area contributed by atoms with Crippen molar-refractivity contribution >= 4 is 15.9 Å². The van der Waals surface area contributed by atoms with Gasteiger partial charge in [-0.25, -0.2) is 8.42 Å². The third-order valence-corrected chi connectivity index (χ3v) is 7.63. The van der Waals surface area contributed by atoms with Crippen LogP contribution in [0.5, 0.6) is 0 Å². The number of nitrogens with one attached hydrogen (secondary N) is 2. The Morgan fingerprint density at radius 3 is 2.58 bits per heavy atom. The normalized spacial score (nSPS) is 29.0. The first-order chi connectivity index (χ1) is 12.5. The minimum Gasteiger partial charge on any atom is -0.360 e. The summed E-state index contributed by atoms with van der Waals surface area (Å²) in [6.07, 6.45) is 5.25. The summed E-state index contributed by atoms with van der Waals surface area (Å²) in [6.45, 7) is 0.452. The lowest BCUT2D eigenvalue weighted by atomic mass is 9.99. The fraction of sp³-hybridized carbons (Fsp3) is 0.765. The monoisotopic (exact) mass is 382 g/mol. The minimum absolute atomic E-state index is 0.0137. The Morgan fingerprint density at radius 2 is 1.96 bits per heavy atom. The molecule has 3 fully saturated rings. The highest BCUT2D eigenvalue weighted by atomic mass is 32.2. The van der Waals surface area contributed by atoms with Gasteiger partial charge in [0.25, 0.3) is 5.91 Å². The molecule has 0 spiro atoms. The second-order valence-electron chi connectivity index (χ2n) is 7.67. The van der Waals surface area contributed by atoms with E-state index in [1.807, 2.05) is 0 Å². The van der Waals surface area contributed by atoms with Crippen molar-refractivity contribution < 1.29 is 17.7 Å². The third-order valence-electron chi connectivity index (χ3n) is 5.67. The van der Waals surface area contributed by atoms with Crippen LogP contribution in [0.3, 0.4) is 0 Å². The molecule has 144 valence electrons. The van der Waals surface area contributed by atoms with Crippen molar-refractivity contribution in [1.29, 1.82) is 0 Å². The van der Waals surface area contributed by atoms with E-state index in [1.165, 1.54) is 0 Å². The van der Waals surface area contributed by atoms with Crippen LogP contribution in [0.15, 0.2) is 10.6 Å². The number of aromatic nitrogens is 1. The van der Waals surface area contributed by atoms with Crippen LogP contribution in [-0.2, 0) is 10.0 Å². The van der Waals surface area contributed by atoms with Crippen molar-refractivity contribution in [1.82, 2.24) is 20.1 Å². The van der Waals surface area contributed by atoms with Crippen LogP contribution < -0.4 is 10.6 Å². The second kappa shape index (κ2) is 6.94. The van der Waals surface area contributed by atoms with Gasteiger partial charge in [-0.05, 0) is 45.6 Å². The maximum Gasteiger partial charge on any atom is 0.273 e. The number of sulfonamides is 1. The summed E-state index contributed by atoms with van der Waals surface area (Å²) in [7, 11) is -1.50. The summed E-state index contributed by atoms with van der Waals surface area (Å²) in [5.41, 5.74) is 0.323. The molecule has 9 heteroatoms. The average molecular weight is 382 g/mol. The number of hydrogen-bond acceptors (Lipinski definition) is 6. The van der Waals surface area contributed by atoms with Gasteiger partial charge in [0.1, 0.15) is 5.76 Å². The zero-order valence-corrected chi connectivity index (χ0v) is 15.8. The standard InChI is InChI=1S/C17H26N4O4S/c1-18-6-7-26(23,24)21-13-4-5-14(21)9-12(8-13)19-17(22)15-10-16(25-20-15)11-2-3-11/h10-14,18H,2-9H2,1H3,(H,19,22)/t12-,13+,14-. The van der Waals surface area contributed by atoms with Gasteiger partial charge in [-0.3, -0.25) is 4.79 Å². The molecule has 8 nitrogen and oxygen atoms in total. The maximum atomic E-state index is 12.6. The first-order valence-electron chi connectivity index (χ1n) is 9.41. The highest BCUT2D eigenvalue weighted by Crippen LogP contribution is 2.40. The van der Waals surface area contributed by atoms with Gasteiger partial charge in [-0.2, -0.15) is 4.31 Å². The number of amides is 1. The molecule has 2 N–H and O–H groups in total. The SMILES string of the molecule is CNCCS(=O)(=O)N1[C@@H]2CC[C@H]1C[C@@H](NC(=O)c1cc(C3CC3)on1)C2. The summed E-state index contributed by atoms with van der Waals surface area (Å²) >= 11 is 0. The molecule has 3 atom stereocenters. The van der Waals surface area contributed by atoms with Gasteiger partial charge < -0.3 is 15.2 Å². The second-order valence-corrected chi connectivity index (χ2v) is 9.66. The van der Waals surface area contributed by atoms with Crippen molar-refractivity contribution in [3.05, 3.63) is 17.5 Å². The molecular formula is C17H26N4O4S. The van der Waals surface area contributed by atoms with Gasteiger partial charge in [0.2, 0.25) is 10.0 Å². The molecule has 3 aliphatic rings. The molecule has 1 amide bonds. The van der Waals surface area contributed by atoms with E-state index in [0.29, 0.717) is 31.0 Å². The van der Waals surface area contributed by atoms with Crippen LogP contribution in [0, 0.1) is 0 Å². The fourth-order valence-electron chi connectivity index (χ4n) is 4.26. The third kappa shape index (κ3) is 3.52. The van der Waals surface area contributed by atoms with Crippen LogP contribution in [0.1, 0.15) is 60.7 Å². The predicted octanol–water partition coefficient (Wildman–Crippen LogP) is 0.826. The first-order valence-corrected chi connectivity index (χ1v) is 11.0. The molecule has 1 aromatic rings. The number of carbonyl (C=O) groups is 1. The Morgan fingerprint density at radius 1 is 1.27 bits per heavy atom. The van der Waals surface area contributed by atoms with E-state index in [2.05, 4.69) is 15.8 Å². The number of piperidine rings is 1. The molecule has 0 unspecified atom stereocenters. The molecule has 2 bridgehead atoms. The van der Waals surface area contributed by atoms with Crippen LogP contribution in [0.25, 0.3) is 0 Å². The Bertz CT molecular complexity index is 759. The fourth-order valence-corrected chi connectivity index (χ4v) is 6.22. The van der Waals surface area contributed by atoms with E-state index in [4.69, 9.17) is 4.52 Å². The largest absolute Gasteiger partial charge is 0.360 e. The van der Waals surface area contributed by atoms with Crippen molar-refractivity contribution in [2.75, 3.05) is 19.3 Å². The molecule has 0 aromatic carbocycles. The lowest BCUT2D eigenvalue weighted by Gasteiger charge is -2.38. The molecule has 2 saturated heterocycles. The lowest BCUT2D eigenvalue weighted by molar-refractivity contribution is 0.0900. The van der Waals surface area contributed by atoms with Gasteiger partial charge in [0.15, 0.2) is 5.69 Å². The molecule has 26 heavy (non-hydrogen) atoms. The van der Waals surface area contributed by atoms with Crippen molar-refractivity contribution in [3.63, 3.8) is 0 Å². The van der Waals surface area contributed by atoms with Gasteiger partial charge in [0, 0.05) is 36.7 Å². The lowest BCUT2D eigenvalue weighted by Crippen LogP contribution is -2.53. The van der Waals surface area contributed by atoms with Crippen LogP contribution >= 0.6 is 0 Å². The van der Waals surface area contributed by atoms with E-state index >= 15 is 0 Å².